The van der Waals surface area contributed by atoms with Crippen LogP contribution in [0, 0.1) is 0 Å². The van der Waals surface area contributed by atoms with Gasteiger partial charge >= 0.3 is 0 Å². The second-order valence-corrected chi connectivity index (χ2v) is 6.54. The Morgan fingerprint density at radius 1 is 1.27 bits per heavy atom. The lowest BCUT2D eigenvalue weighted by Gasteiger charge is -2.27. The molecule has 1 aromatic carbocycles. The van der Waals surface area contributed by atoms with Gasteiger partial charge < -0.3 is 10.6 Å². The van der Waals surface area contributed by atoms with Crippen molar-refractivity contribution >= 4 is 17.7 Å². The molecule has 2 heterocycles. The van der Waals surface area contributed by atoms with E-state index in [9.17, 15) is 0 Å². The molecule has 116 valence electrons. The summed E-state index contributed by atoms with van der Waals surface area (Å²) >= 11 is 1.97. The molecule has 1 aliphatic rings. The van der Waals surface area contributed by atoms with Crippen LogP contribution in [-0.4, -0.2) is 45.2 Å². The molecule has 5 nitrogen and oxygen atoms in total. The van der Waals surface area contributed by atoms with Gasteiger partial charge in [-0.2, -0.15) is 16.9 Å². The highest BCUT2D eigenvalue weighted by atomic mass is 32.2. The molecule has 0 atom stereocenters. The molecular weight excluding hydrogens is 294 g/mol. The van der Waals surface area contributed by atoms with Crippen molar-refractivity contribution in [1.82, 2.24) is 14.7 Å². The minimum Gasteiger partial charge on any atom is -0.370 e. The molecule has 0 radical (unpaired) electrons. The molecule has 0 saturated carbocycles. The molecule has 6 heteroatoms. The lowest BCUT2D eigenvalue weighted by molar-refractivity contribution is 0.455. The fourth-order valence-electron chi connectivity index (χ4n) is 2.55. The summed E-state index contributed by atoms with van der Waals surface area (Å²) in [5, 5.41) is 4.56. The van der Waals surface area contributed by atoms with Crippen LogP contribution in [0.15, 0.2) is 41.5 Å². The first-order chi connectivity index (χ1) is 10.7. The number of aliphatic imine (C=N–C) groups is 1. The molecule has 1 aromatic heterocycles. The molecule has 0 bridgehead atoms. The first-order valence-corrected chi connectivity index (χ1v) is 8.60. The van der Waals surface area contributed by atoms with E-state index >= 15 is 0 Å². The van der Waals surface area contributed by atoms with Crippen molar-refractivity contribution in [2.75, 3.05) is 24.6 Å². The van der Waals surface area contributed by atoms with E-state index in [4.69, 9.17) is 5.73 Å². The zero-order valence-electron chi connectivity index (χ0n) is 12.8. The zero-order valence-corrected chi connectivity index (χ0v) is 13.6. The summed E-state index contributed by atoms with van der Waals surface area (Å²) in [6.07, 6.45) is 2.02. The highest BCUT2D eigenvalue weighted by Gasteiger charge is 2.13. The fraction of sp³-hybridized carbons (Fsp3) is 0.375. The summed E-state index contributed by atoms with van der Waals surface area (Å²) in [4.78, 5) is 6.74. The molecule has 1 saturated heterocycles. The van der Waals surface area contributed by atoms with Gasteiger partial charge in [-0.15, -0.1) is 0 Å². The molecule has 3 rings (SSSR count). The summed E-state index contributed by atoms with van der Waals surface area (Å²) in [6, 6.07) is 10.2. The summed E-state index contributed by atoms with van der Waals surface area (Å²) in [5.74, 6) is 2.89. The maximum Gasteiger partial charge on any atom is 0.191 e. The van der Waals surface area contributed by atoms with Gasteiger partial charge in [0.15, 0.2) is 5.96 Å². The maximum absolute atomic E-state index is 6.13. The van der Waals surface area contributed by atoms with E-state index < -0.39 is 0 Å². The maximum atomic E-state index is 6.13. The average Bonchev–Trinajstić information content (AvgIpc) is 2.95. The highest BCUT2D eigenvalue weighted by molar-refractivity contribution is 7.99. The summed E-state index contributed by atoms with van der Waals surface area (Å²) in [7, 11) is 1.94. The van der Waals surface area contributed by atoms with E-state index in [1.807, 2.05) is 47.9 Å². The predicted octanol–water partition coefficient (Wildman–Crippen LogP) is 1.95. The van der Waals surface area contributed by atoms with Crippen LogP contribution in [0.3, 0.4) is 0 Å². The van der Waals surface area contributed by atoms with Gasteiger partial charge in [0.05, 0.1) is 12.2 Å². The number of rotatable bonds is 3. The Labute approximate surface area is 135 Å². The van der Waals surface area contributed by atoms with Crippen LogP contribution in [0.5, 0.6) is 0 Å². The standard InChI is InChI=1S/C16H21N5S/c1-20-12-14(15(19-20)13-5-3-2-4-6-13)11-18-16(17)21-7-9-22-10-8-21/h2-6,12H,7-11H2,1H3,(H2,17,18). The van der Waals surface area contributed by atoms with Crippen LogP contribution < -0.4 is 5.73 Å². The minimum absolute atomic E-state index is 0.563. The van der Waals surface area contributed by atoms with Crippen LogP contribution >= 0.6 is 11.8 Å². The van der Waals surface area contributed by atoms with E-state index in [1.165, 1.54) is 0 Å². The first-order valence-electron chi connectivity index (χ1n) is 7.44. The van der Waals surface area contributed by atoms with Crippen LogP contribution in [0.25, 0.3) is 11.3 Å². The Hall–Kier alpha value is -1.95. The zero-order chi connectivity index (χ0) is 15.4. The smallest absolute Gasteiger partial charge is 0.191 e. The Morgan fingerprint density at radius 3 is 2.73 bits per heavy atom. The van der Waals surface area contributed by atoms with E-state index in [-0.39, 0.29) is 0 Å². The van der Waals surface area contributed by atoms with Crippen molar-refractivity contribution < 1.29 is 0 Å². The van der Waals surface area contributed by atoms with Gasteiger partial charge in [-0.05, 0) is 0 Å². The van der Waals surface area contributed by atoms with Crippen molar-refractivity contribution in [3.8, 4) is 11.3 Å². The summed E-state index contributed by atoms with van der Waals surface area (Å²) in [5.41, 5.74) is 9.32. The van der Waals surface area contributed by atoms with E-state index in [0.29, 0.717) is 12.5 Å². The Bertz CT molecular complexity index is 644. The number of benzene rings is 1. The van der Waals surface area contributed by atoms with Crippen LogP contribution in [0.4, 0.5) is 0 Å². The third-order valence-corrected chi connectivity index (χ3v) is 4.64. The number of hydrogen-bond donors (Lipinski definition) is 1. The topological polar surface area (TPSA) is 59.4 Å². The lowest BCUT2D eigenvalue weighted by atomic mass is 10.1. The molecule has 0 unspecified atom stereocenters. The predicted molar refractivity (Wildman–Crippen MR) is 92.9 cm³/mol. The number of nitrogens with two attached hydrogens (primary N) is 1. The van der Waals surface area contributed by atoms with Crippen molar-refractivity contribution in [3.63, 3.8) is 0 Å². The monoisotopic (exact) mass is 315 g/mol. The van der Waals surface area contributed by atoms with E-state index in [1.54, 1.807) is 0 Å². The number of thioether (sulfide) groups is 1. The van der Waals surface area contributed by atoms with Gasteiger partial charge in [-0.3, -0.25) is 4.68 Å². The molecule has 2 aromatic rings. The van der Waals surface area contributed by atoms with Crippen molar-refractivity contribution in [2.45, 2.75) is 6.54 Å². The number of aromatic nitrogens is 2. The number of guanidine groups is 1. The molecular formula is C16H21N5S. The number of nitrogens with zero attached hydrogens (tertiary/aromatic N) is 4. The van der Waals surface area contributed by atoms with Crippen molar-refractivity contribution in [2.24, 2.45) is 17.8 Å². The van der Waals surface area contributed by atoms with Gasteiger partial charge in [0.25, 0.3) is 0 Å². The van der Waals surface area contributed by atoms with E-state index in [0.717, 1.165) is 41.4 Å². The SMILES string of the molecule is Cn1cc(CN=C(N)N2CCSCC2)c(-c2ccccc2)n1. The Kier molecular flexibility index (Phi) is 4.68. The van der Waals surface area contributed by atoms with Crippen LogP contribution in [0.1, 0.15) is 5.56 Å². The Balaban J connectivity index is 1.78. The van der Waals surface area contributed by atoms with Crippen LogP contribution in [-0.2, 0) is 13.6 Å². The van der Waals surface area contributed by atoms with Gasteiger partial charge in [0.2, 0.25) is 0 Å². The van der Waals surface area contributed by atoms with Crippen LogP contribution in [0.2, 0.25) is 0 Å². The molecule has 22 heavy (non-hydrogen) atoms. The van der Waals surface area contributed by atoms with Gasteiger partial charge in [0.1, 0.15) is 0 Å². The molecule has 0 spiro atoms. The van der Waals surface area contributed by atoms with E-state index in [2.05, 4.69) is 27.1 Å². The normalized spacial score (nSPS) is 16.0. The quantitative estimate of drug-likeness (QED) is 0.695. The lowest BCUT2D eigenvalue weighted by Crippen LogP contribution is -2.42. The molecule has 0 amide bonds. The number of hydrogen-bond acceptors (Lipinski definition) is 3. The largest absolute Gasteiger partial charge is 0.370 e. The second-order valence-electron chi connectivity index (χ2n) is 5.32. The highest BCUT2D eigenvalue weighted by Crippen LogP contribution is 2.22. The van der Waals surface area contributed by atoms with Gasteiger partial charge in [0, 0.05) is 49.0 Å². The third-order valence-electron chi connectivity index (χ3n) is 3.70. The fourth-order valence-corrected chi connectivity index (χ4v) is 3.45. The summed E-state index contributed by atoms with van der Waals surface area (Å²) < 4.78 is 1.83. The van der Waals surface area contributed by atoms with Gasteiger partial charge in [-0.1, -0.05) is 30.3 Å². The second kappa shape index (κ2) is 6.87. The molecule has 0 aliphatic carbocycles. The Morgan fingerprint density at radius 2 is 2.00 bits per heavy atom. The number of aryl methyl sites for hydroxylation is 1. The van der Waals surface area contributed by atoms with Crippen molar-refractivity contribution in [3.05, 3.63) is 42.1 Å². The van der Waals surface area contributed by atoms with Gasteiger partial charge in [-0.25, -0.2) is 4.99 Å². The first kappa shape index (κ1) is 15.0. The molecule has 2 N–H and O–H groups in total. The minimum atomic E-state index is 0.563. The summed E-state index contributed by atoms with van der Waals surface area (Å²) in [6.45, 7) is 2.53. The molecule has 1 aliphatic heterocycles. The van der Waals surface area contributed by atoms with Crippen molar-refractivity contribution in [1.29, 1.82) is 0 Å². The third kappa shape index (κ3) is 3.44. The molecule has 1 fully saturated rings. The average molecular weight is 315 g/mol.